The van der Waals surface area contributed by atoms with Gasteiger partial charge in [0.15, 0.2) is 0 Å². The summed E-state index contributed by atoms with van der Waals surface area (Å²) in [6.45, 7) is 0. The third-order valence-corrected chi connectivity index (χ3v) is 3.63. The highest BCUT2D eigenvalue weighted by Crippen LogP contribution is 2.42. The van der Waals surface area contributed by atoms with E-state index in [1.165, 1.54) is 11.1 Å². The van der Waals surface area contributed by atoms with Crippen LogP contribution in [0.3, 0.4) is 0 Å². The number of rotatable bonds is 2. The molecule has 1 atom stereocenters. The smallest absolute Gasteiger partial charge is 0.139 e. The molecule has 96 valence electrons. The van der Waals surface area contributed by atoms with Crippen LogP contribution in [0, 0.1) is 0 Å². The highest BCUT2D eigenvalue weighted by atomic mass is 16.3. The van der Waals surface area contributed by atoms with Gasteiger partial charge in [0.25, 0.3) is 0 Å². The van der Waals surface area contributed by atoms with Gasteiger partial charge in [-0.2, -0.15) is 0 Å². The van der Waals surface area contributed by atoms with Gasteiger partial charge in [-0.3, -0.25) is 0 Å². The molecule has 1 aliphatic carbocycles. The zero-order chi connectivity index (χ0) is 13.4. The summed E-state index contributed by atoms with van der Waals surface area (Å²) < 4.78 is 0. The van der Waals surface area contributed by atoms with Crippen molar-refractivity contribution in [2.45, 2.75) is 5.92 Å². The lowest BCUT2D eigenvalue weighted by molar-refractivity contribution is 0.475. The molecule has 1 N–H and O–H groups in total. The van der Waals surface area contributed by atoms with Crippen LogP contribution in [-0.2, 0) is 0 Å². The first kappa shape index (κ1) is 11.8. The van der Waals surface area contributed by atoms with Crippen molar-refractivity contribution >= 4 is 11.8 Å². The molecule has 0 spiro atoms. The number of fused-ring (bicyclic) bond motifs is 1. The molecule has 1 aliphatic rings. The SMILES string of the molecule is CN(C)c1c(O)cccc1C1C=Cc2ccccc21. The van der Waals surface area contributed by atoms with Crippen LogP contribution >= 0.6 is 0 Å². The van der Waals surface area contributed by atoms with Gasteiger partial charge in [0.1, 0.15) is 5.75 Å². The number of phenolic OH excluding ortho intramolecular Hbond substituents is 1. The Balaban J connectivity index is 2.15. The summed E-state index contributed by atoms with van der Waals surface area (Å²) in [5.41, 5.74) is 4.61. The van der Waals surface area contributed by atoms with Gasteiger partial charge in [0, 0.05) is 20.0 Å². The molecule has 2 heteroatoms. The van der Waals surface area contributed by atoms with Crippen LogP contribution in [0.25, 0.3) is 6.08 Å². The van der Waals surface area contributed by atoms with Crippen molar-refractivity contribution in [3.05, 3.63) is 65.2 Å². The molecule has 0 aromatic heterocycles. The second-order valence-corrected chi connectivity index (χ2v) is 5.08. The van der Waals surface area contributed by atoms with Gasteiger partial charge in [-0.05, 0) is 22.8 Å². The van der Waals surface area contributed by atoms with Gasteiger partial charge >= 0.3 is 0 Å². The number of allylic oxidation sites excluding steroid dienone is 1. The molecule has 19 heavy (non-hydrogen) atoms. The highest BCUT2D eigenvalue weighted by Gasteiger charge is 2.23. The van der Waals surface area contributed by atoms with E-state index in [9.17, 15) is 5.11 Å². The molecule has 0 bridgehead atoms. The van der Waals surface area contributed by atoms with Gasteiger partial charge in [-0.15, -0.1) is 0 Å². The molecule has 2 aromatic rings. The maximum atomic E-state index is 10.1. The highest BCUT2D eigenvalue weighted by molar-refractivity contribution is 5.72. The number of anilines is 1. The van der Waals surface area contributed by atoms with Crippen LogP contribution < -0.4 is 4.90 Å². The van der Waals surface area contributed by atoms with Crippen LogP contribution in [0.5, 0.6) is 5.75 Å². The Morgan fingerprint density at radius 1 is 0.947 bits per heavy atom. The third kappa shape index (κ3) is 1.89. The van der Waals surface area contributed by atoms with Gasteiger partial charge < -0.3 is 10.0 Å². The second kappa shape index (κ2) is 4.47. The monoisotopic (exact) mass is 251 g/mol. The Labute approximate surface area is 113 Å². The number of nitrogens with zero attached hydrogens (tertiary/aromatic N) is 1. The van der Waals surface area contributed by atoms with Crippen LogP contribution in [0.4, 0.5) is 5.69 Å². The Hall–Kier alpha value is -2.22. The zero-order valence-corrected chi connectivity index (χ0v) is 11.2. The molecule has 0 radical (unpaired) electrons. The summed E-state index contributed by atoms with van der Waals surface area (Å²) in [6.07, 6.45) is 4.36. The van der Waals surface area contributed by atoms with Crippen LogP contribution in [-0.4, -0.2) is 19.2 Å². The van der Waals surface area contributed by atoms with E-state index in [1.54, 1.807) is 6.07 Å². The van der Waals surface area contributed by atoms with E-state index in [1.807, 2.05) is 25.1 Å². The van der Waals surface area contributed by atoms with Gasteiger partial charge in [-0.1, -0.05) is 48.6 Å². The van der Waals surface area contributed by atoms with Crippen molar-refractivity contribution in [2.75, 3.05) is 19.0 Å². The van der Waals surface area contributed by atoms with E-state index >= 15 is 0 Å². The average Bonchev–Trinajstić information content (AvgIpc) is 2.81. The van der Waals surface area contributed by atoms with Gasteiger partial charge in [0.2, 0.25) is 0 Å². The molecule has 0 saturated carbocycles. The summed E-state index contributed by atoms with van der Waals surface area (Å²) in [5.74, 6) is 0.556. The number of benzene rings is 2. The van der Waals surface area contributed by atoms with Crippen molar-refractivity contribution in [3.63, 3.8) is 0 Å². The molecule has 0 saturated heterocycles. The van der Waals surface area contributed by atoms with Crippen molar-refractivity contribution in [3.8, 4) is 5.75 Å². The molecule has 0 aliphatic heterocycles. The van der Waals surface area contributed by atoms with Crippen molar-refractivity contribution in [2.24, 2.45) is 0 Å². The van der Waals surface area contributed by atoms with E-state index in [4.69, 9.17) is 0 Å². The Morgan fingerprint density at radius 3 is 2.47 bits per heavy atom. The normalized spacial score (nSPS) is 16.4. The molecular weight excluding hydrogens is 234 g/mol. The standard InChI is InChI=1S/C17H17NO/c1-18(2)17-15(8-5-9-16(17)19)14-11-10-12-6-3-4-7-13(12)14/h3-11,14,19H,1-2H3. The van der Waals surface area contributed by atoms with Crippen LogP contribution in [0.1, 0.15) is 22.6 Å². The number of para-hydroxylation sites is 1. The van der Waals surface area contributed by atoms with Crippen LogP contribution in [0.15, 0.2) is 48.5 Å². The summed E-state index contributed by atoms with van der Waals surface area (Å²) in [6, 6.07) is 14.1. The number of aromatic hydroxyl groups is 1. The largest absolute Gasteiger partial charge is 0.506 e. The van der Waals surface area contributed by atoms with E-state index in [0.717, 1.165) is 11.3 Å². The summed E-state index contributed by atoms with van der Waals surface area (Å²) in [7, 11) is 3.92. The predicted octanol–water partition coefficient (Wildman–Crippen LogP) is 3.62. The van der Waals surface area contributed by atoms with Crippen molar-refractivity contribution in [1.29, 1.82) is 0 Å². The molecule has 2 nitrogen and oxygen atoms in total. The van der Waals surface area contributed by atoms with Crippen LogP contribution in [0.2, 0.25) is 0 Å². The Morgan fingerprint density at radius 2 is 1.68 bits per heavy atom. The van der Waals surface area contributed by atoms with E-state index < -0.39 is 0 Å². The quantitative estimate of drug-likeness (QED) is 0.881. The second-order valence-electron chi connectivity index (χ2n) is 5.08. The lowest BCUT2D eigenvalue weighted by atomic mass is 9.91. The first-order valence-corrected chi connectivity index (χ1v) is 6.45. The molecular formula is C17H17NO. The van der Waals surface area contributed by atoms with Gasteiger partial charge in [0.05, 0.1) is 5.69 Å². The topological polar surface area (TPSA) is 23.5 Å². The molecule has 0 fully saturated rings. The minimum Gasteiger partial charge on any atom is -0.506 e. The van der Waals surface area contributed by atoms with E-state index in [-0.39, 0.29) is 5.92 Å². The van der Waals surface area contributed by atoms with E-state index in [0.29, 0.717) is 5.75 Å². The maximum Gasteiger partial charge on any atom is 0.139 e. The number of hydrogen-bond acceptors (Lipinski definition) is 2. The Kier molecular flexibility index (Phi) is 2.79. The molecule has 0 amide bonds. The fraction of sp³-hybridized carbons (Fsp3) is 0.176. The predicted molar refractivity (Wildman–Crippen MR) is 79.8 cm³/mol. The molecule has 3 rings (SSSR count). The maximum absolute atomic E-state index is 10.1. The third-order valence-electron chi connectivity index (χ3n) is 3.63. The number of phenols is 1. The fourth-order valence-corrected chi connectivity index (χ4v) is 2.81. The summed E-state index contributed by atoms with van der Waals surface area (Å²) >= 11 is 0. The average molecular weight is 251 g/mol. The molecule has 0 heterocycles. The Bertz CT molecular complexity index is 643. The molecule has 1 unspecified atom stereocenters. The zero-order valence-electron chi connectivity index (χ0n) is 11.2. The number of hydrogen-bond donors (Lipinski definition) is 1. The first-order valence-electron chi connectivity index (χ1n) is 6.45. The minimum atomic E-state index is 0.223. The minimum absolute atomic E-state index is 0.223. The van der Waals surface area contributed by atoms with Crippen molar-refractivity contribution in [1.82, 2.24) is 0 Å². The lowest BCUT2D eigenvalue weighted by Crippen LogP contribution is -2.13. The van der Waals surface area contributed by atoms with Crippen molar-refractivity contribution < 1.29 is 5.11 Å². The first-order chi connectivity index (χ1) is 9.18. The van der Waals surface area contributed by atoms with Gasteiger partial charge in [-0.25, -0.2) is 0 Å². The summed E-state index contributed by atoms with van der Waals surface area (Å²) in [5, 5.41) is 10.1. The summed E-state index contributed by atoms with van der Waals surface area (Å²) in [4.78, 5) is 1.97. The molecule has 2 aromatic carbocycles. The lowest BCUT2D eigenvalue weighted by Gasteiger charge is -2.22. The fourth-order valence-electron chi connectivity index (χ4n) is 2.81. The van der Waals surface area contributed by atoms with E-state index in [2.05, 4.69) is 42.5 Å².